The highest BCUT2D eigenvalue weighted by atomic mass is 31.0. The van der Waals surface area contributed by atoms with Crippen molar-refractivity contribution in [3.63, 3.8) is 0 Å². The van der Waals surface area contributed by atoms with Crippen LogP contribution in [0.2, 0.25) is 0 Å². The summed E-state index contributed by atoms with van der Waals surface area (Å²) >= 11 is 0. The predicted molar refractivity (Wildman–Crippen MR) is 32.4 cm³/mol. The van der Waals surface area contributed by atoms with Gasteiger partial charge in [-0.1, -0.05) is 0 Å². The zero-order chi connectivity index (χ0) is 5.54. The molecule has 0 radical (unpaired) electrons. The van der Waals surface area contributed by atoms with E-state index in [1.807, 2.05) is 0 Å². The Morgan fingerprint density at radius 3 is 1.71 bits per heavy atom. The molecule has 0 saturated carbocycles. The molecular weight excluding hydrogens is 134 g/mol. The van der Waals surface area contributed by atoms with Crippen LogP contribution in [-0.4, -0.2) is 13.6 Å². The minimum atomic E-state index is 0.249. The lowest BCUT2D eigenvalue weighted by Crippen LogP contribution is -1.94. The summed E-state index contributed by atoms with van der Waals surface area (Å²) in [6, 6.07) is 0. The summed E-state index contributed by atoms with van der Waals surface area (Å²) in [5.41, 5.74) is 0. The maximum Gasteiger partial charge on any atom is 0.152 e. The van der Waals surface area contributed by atoms with Crippen LogP contribution in [0.15, 0.2) is 0 Å². The van der Waals surface area contributed by atoms with Crippen LogP contribution in [0.5, 0.6) is 0 Å². The van der Waals surface area contributed by atoms with Gasteiger partial charge in [0.2, 0.25) is 0 Å². The van der Waals surface area contributed by atoms with Crippen molar-refractivity contribution in [3.05, 3.63) is 0 Å². The summed E-state index contributed by atoms with van der Waals surface area (Å²) in [6.07, 6.45) is 0. The first-order chi connectivity index (χ1) is 3.41. The molecule has 7 heavy (non-hydrogen) atoms. The van der Waals surface area contributed by atoms with E-state index in [2.05, 4.69) is 32.7 Å². The Morgan fingerprint density at radius 2 is 1.43 bits per heavy atom. The van der Waals surface area contributed by atoms with Gasteiger partial charge in [0.15, 0.2) is 13.6 Å². The number of hydrogen-bond donors (Lipinski definition) is 0. The van der Waals surface area contributed by atoms with Crippen molar-refractivity contribution in [3.8, 4) is 0 Å². The summed E-state index contributed by atoms with van der Waals surface area (Å²) in [5.74, 6) is 0. The van der Waals surface area contributed by atoms with Crippen LogP contribution in [-0.2, 0) is 13.8 Å². The molecular formula is C2H8O3P2. The quantitative estimate of drug-likeness (QED) is 0.325. The SMILES string of the molecule is POCOCOP. The second kappa shape index (κ2) is 6.74. The molecule has 44 valence electrons. The standard InChI is InChI=1S/C2H8O3P2/c6-4-1-3-2-5-7/h1-2,6-7H2. The van der Waals surface area contributed by atoms with Crippen LogP contribution in [0.1, 0.15) is 0 Å². The van der Waals surface area contributed by atoms with Crippen LogP contribution in [0, 0.1) is 0 Å². The highest BCUT2D eigenvalue weighted by Gasteiger charge is 1.77. The Bertz CT molecular complexity index is 30.1. The molecule has 0 aromatic rings. The zero-order valence-electron chi connectivity index (χ0n) is 3.79. The van der Waals surface area contributed by atoms with Gasteiger partial charge in [-0.15, -0.1) is 0 Å². The molecule has 0 aromatic heterocycles. The molecule has 5 heteroatoms. The van der Waals surface area contributed by atoms with Crippen LogP contribution in [0.4, 0.5) is 0 Å². The summed E-state index contributed by atoms with van der Waals surface area (Å²) in [5, 5.41) is 0. The largest absolute Gasteiger partial charge is 0.339 e. The van der Waals surface area contributed by atoms with Crippen molar-refractivity contribution in [2.45, 2.75) is 0 Å². The molecule has 2 unspecified atom stereocenters. The van der Waals surface area contributed by atoms with Crippen molar-refractivity contribution in [2.24, 2.45) is 0 Å². The first kappa shape index (κ1) is 7.74. The predicted octanol–water partition coefficient (Wildman–Crippen LogP) is 0.531. The third kappa shape index (κ3) is 6.74. The maximum absolute atomic E-state index is 4.65. The fourth-order valence-electron chi connectivity index (χ4n) is 0.130. The Labute approximate surface area is 47.3 Å². The first-order valence-electron chi connectivity index (χ1n) is 1.63. The lowest BCUT2D eigenvalue weighted by molar-refractivity contribution is -0.0401. The molecule has 0 heterocycles. The fourth-order valence-corrected chi connectivity index (χ4v) is 0.323. The van der Waals surface area contributed by atoms with Gasteiger partial charge < -0.3 is 13.8 Å². The van der Waals surface area contributed by atoms with E-state index in [1.54, 1.807) is 0 Å². The van der Waals surface area contributed by atoms with Crippen molar-refractivity contribution >= 4 is 18.9 Å². The molecule has 0 aliphatic heterocycles. The van der Waals surface area contributed by atoms with E-state index in [4.69, 9.17) is 0 Å². The van der Waals surface area contributed by atoms with Crippen LogP contribution in [0.25, 0.3) is 0 Å². The van der Waals surface area contributed by atoms with E-state index < -0.39 is 0 Å². The van der Waals surface area contributed by atoms with Gasteiger partial charge in [0.05, 0.1) is 0 Å². The van der Waals surface area contributed by atoms with Gasteiger partial charge in [-0.05, 0) is 0 Å². The lowest BCUT2D eigenvalue weighted by Gasteiger charge is -1.96. The molecule has 0 rings (SSSR count). The molecule has 0 bridgehead atoms. The Kier molecular flexibility index (Phi) is 7.45. The average Bonchev–Trinajstić information content (AvgIpc) is 1.69. The molecule has 0 amide bonds. The molecule has 0 spiro atoms. The number of rotatable bonds is 4. The van der Waals surface area contributed by atoms with Gasteiger partial charge in [-0.25, -0.2) is 0 Å². The molecule has 0 N–H and O–H groups in total. The van der Waals surface area contributed by atoms with E-state index in [-0.39, 0.29) is 13.6 Å². The summed E-state index contributed by atoms with van der Waals surface area (Å²) in [7, 11) is 4.12. The molecule has 0 saturated heterocycles. The molecule has 0 aliphatic rings. The Morgan fingerprint density at radius 1 is 1.00 bits per heavy atom. The molecule has 0 fully saturated rings. The van der Waals surface area contributed by atoms with Crippen molar-refractivity contribution in [2.75, 3.05) is 13.6 Å². The van der Waals surface area contributed by atoms with Gasteiger partial charge in [-0.3, -0.25) is 0 Å². The molecule has 3 nitrogen and oxygen atoms in total. The van der Waals surface area contributed by atoms with Crippen LogP contribution < -0.4 is 0 Å². The fraction of sp³-hybridized carbons (Fsp3) is 1.00. The highest BCUT2D eigenvalue weighted by Crippen LogP contribution is 1.88. The van der Waals surface area contributed by atoms with Crippen LogP contribution in [0.3, 0.4) is 0 Å². The third-order valence-electron chi connectivity index (χ3n) is 0.303. The highest BCUT2D eigenvalue weighted by molar-refractivity contribution is 7.10. The summed E-state index contributed by atoms with van der Waals surface area (Å²) in [6.45, 7) is 0.498. The van der Waals surface area contributed by atoms with E-state index in [0.29, 0.717) is 0 Å². The smallest absolute Gasteiger partial charge is 0.152 e. The molecule has 2 atom stereocenters. The van der Waals surface area contributed by atoms with Gasteiger partial charge >= 0.3 is 0 Å². The summed E-state index contributed by atoms with van der Waals surface area (Å²) in [4.78, 5) is 0. The van der Waals surface area contributed by atoms with Gasteiger partial charge in [0.1, 0.15) is 0 Å². The second-order valence-corrected chi connectivity index (χ2v) is 1.44. The average molecular weight is 142 g/mol. The number of hydrogen-bond acceptors (Lipinski definition) is 3. The van der Waals surface area contributed by atoms with Gasteiger partial charge in [-0.2, -0.15) is 0 Å². The Hall–Kier alpha value is 0.740. The molecule has 0 aromatic carbocycles. The van der Waals surface area contributed by atoms with Crippen molar-refractivity contribution in [1.29, 1.82) is 0 Å². The lowest BCUT2D eigenvalue weighted by atomic mass is 11.4. The minimum Gasteiger partial charge on any atom is -0.339 e. The topological polar surface area (TPSA) is 27.7 Å². The monoisotopic (exact) mass is 142 g/mol. The molecule has 0 aliphatic carbocycles. The van der Waals surface area contributed by atoms with Crippen LogP contribution >= 0.6 is 18.9 Å². The summed E-state index contributed by atoms with van der Waals surface area (Å²) < 4.78 is 13.5. The maximum atomic E-state index is 4.65. The van der Waals surface area contributed by atoms with E-state index in [1.165, 1.54) is 0 Å². The first-order valence-corrected chi connectivity index (χ1v) is 2.57. The van der Waals surface area contributed by atoms with Crippen molar-refractivity contribution in [1.82, 2.24) is 0 Å². The third-order valence-corrected chi connectivity index (χ3v) is 0.575. The van der Waals surface area contributed by atoms with E-state index >= 15 is 0 Å². The zero-order valence-corrected chi connectivity index (χ0v) is 6.10. The van der Waals surface area contributed by atoms with Gasteiger partial charge in [0.25, 0.3) is 0 Å². The van der Waals surface area contributed by atoms with E-state index in [9.17, 15) is 0 Å². The Balaban J connectivity index is 2.45. The number of ether oxygens (including phenoxy) is 1. The van der Waals surface area contributed by atoms with Gasteiger partial charge in [0, 0.05) is 18.9 Å². The second-order valence-electron chi connectivity index (χ2n) is 0.773. The van der Waals surface area contributed by atoms with Crippen molar-refractivity contribution < 1.29 is 13.8 Å². The van der Waals surface area contributed by atoms with E-state index in [0.717, 1.165) is 0 Å². The minimum absolute atomic E-state index is 0.249. The normalized spacial score (nSPS) is 9.43.